The highest BCUT2D eigenvalue weighted by molar-refractivity contribution is 6.29. The minimum absolute atomic E-state index is 0.0573. The molecule has 6 nitrogen and oxygen atoms in total. The van der Waals surface area contributed by atoms with E-state index in [1.807, 2.05) is 0 Å². The summed E-state index contributed by atoms with van der Waals surface area (Å²) in [5.41, 5.74) is -0.932. The molecule has 1 aromatic rings. The Morgan fingerprint density at radius 2 is 2.15 bits per heavy atom. The van der Waals surface area contributed by atoms with Crippen molar-refractivity contribution in [3.8, 4) is 0 Å². The van der Waals surface area contributed by atoms with Crippen LogP contribution >= 0.6 is 11.6 Å². The molecule has 0 bridgehead atoms. The van der Waals surface area contributed by atoms with E-state index in [9.17, 15) is 9.59 Å². The quantitative estimate of drug-likeness (QED) is 0.816. The van der Waals surface area contributed by atoms with Crippen LogP contribution in [0.1, 0.15) is 20.8 Å². The van der Waals surface area contributed by atoms with E-state index in [2.05, 4.69) is 30.7 Å². The van der Waals surface area contributed by atoms with Crippen LogP contribution in [0.4, 0.5) is 0 Å². The molecule has 0 aliphatic carbocycles. The van der Waals surface area contributed by atoms with Crippen LogP contribution in [-0.4, -0.2) is 45.8 Å². The number of hydrogen-bond acceptors (Lipinski definition) is 4. The van der Waals surface area contributed by atoms with Crippen molar-refractivity contribution in [2.24, 2.45) is 0 Å². The number of morpholine rings is 1. The Labute approximate surface area is 122 Å². The van der Waals surface area contributed by atoms with E-state index in [4.69, 9.17) is 16.3 Å². The number of nitrogens with zero attached hydrogens (tertiary/aromatic N) is 2. The van der Waals surface area contributed by atoms with Gasteiger partial charge in [0.2, 0.25) is 0 Å². The first-order valence-corrected chi connectivity index (χ1v) is 7.01. The zero-order valence-corrected chi connectivity index (χ0v) is 12.7. The Bertz CT molecular complexity index is 588. The molecular weight excluding hydrogens is 282 g/mol. The molecule has 1 fully saturated rings. The van der Waals surface area contributed by atoms with Crippen LogP contribution in [0.5, 0.6) is 0 Å². The van der Waals surface area contributed by atoms with Gasteiger partial charge >= 0.3 is 5.69 Å². The molecule has 0 saturated carbocycles. The maximum atomic E-state index is 11.8. The van der Waals surface area contributed by atoms with Crippen molar-refractivity contribution in [2.45, 2.75) is 39.0 Å². The highest BCUT2D eigenvalue weighted by Crippen LogP contribution is 2.18. The predicted molar refractivity (Wildman–Crippen MR) is 77.4 cm³/mol. The summed E-state index contributed by atoms with van der Waals surface area (Å²) in [5.74, 6) is 0. The first-order valence-electron chi connectivity index (χ1n) is 6.63. The summed E-state index contributed by atoms with van der Waals surface area (Å²) in [5, 5.41) is 0.134. The third-order valence-electron chi connectivity index (χ3n) is 3.46. The first-order chi connectivity index (χ1) is 9.27. The maximum Gasteiger partial charge on any atom is 0.329 e. The molecule has 1 N–H and O–H groups in total. The van der Waals surface area contributed by atoms with Crippen molar-refractivity contribution in [1.29, 1.82) is 0 Å². The summed E-state index contributed by atoms with van der Waals surface area (Å²) >= 11 is 5.95. The minimum atomic E-state index is -0.501. The van der Waals surface area contributed by atoms with Crippen molar-refractivity contribution in [3.05, 3.63) is 32.1 Å². The Morgan fingerprint density at radius 1 is 1.45 bits per heavy atom. The standard InChI is InChI=1S/C13H20ClN3O3/c1-13(2,3)16-4-5-20-9(7-16)8-17-10(14)6-11(18)15-12(17)19/h6,9H,4-5,7-8H2,1-3H3,(H,15,18,19)/t9-/m1/s1. The zero-order chi connectivity index (χ0) is 14.9. The van der Waals surface area contributed by atoms with Crippen LogP contribution in [-0.2, 0) is 11.3 Å². The number of rotatable bonds is 2. The highest BCUT2D eigenvalue weighted by atomic mass is 35.5. The molecule has 2 rings (SSSR count). The van der Waals surface area contributed by atoms with Crippen LogP contribution in [0.2, 0.25) is 5.15 Å². The van der Waals surface area contributed by atoms with Crippen molar-refractivity contribution in [3.63, 3.8) is 0 Å². The Balaban J connectivity index is 2.15. The molecule has 7 heteroatoms. The summed E-state index contributed by atoms with van der Waals surface area (Å²) < 4.78 is 7.03. The van der Waals surface area contributed by atoms with Gasteiger partial charge in [-0.05, 0) is 20.8 Å². The fourth-order valence-electron chi connectivity index (χ4n) is 2.30. The molecule has 1 aliphatic rings. The van der Waals surface area contributed by atoms with Crippen molar-refractivity contribution in [1.82, 2.24) is 14.5 Å². The second-order valence-electron chi connectivity index (χ2n) is 5.98. The summed E-state index contributed by atoms with van der Waals surface area (Å²) in [6.07, 6.45) is -0.121. The van der Waals surface area contributed by atoms with E-state index in [1.54, 1.807) is 0 Å². The summed E-state index contributed by atoms with van der Waals surface area (Å²) in [4.78, 5) is 27.4. The number of aromatic nitrogens is 2. The molecule has 0 unspecified atom stereocenters. The largest absolute Gasteiger partial charge is 0.374 e. The van der Waals surface area contributed by atoms with Gasteiger partial charge < -0.3 is 4.74 Å². The lowest BCUT2D eigenvalue weighted by atomic mass is 10.0. The molecule has 0 aromatic carbocycles. The van der Waals surface area contributed by atoms with Gasteiger partial charge in [-0.15, -0.1) is 0 Å². The molecule has 0 amide bonds. The second kappa shape index (κ2) is 5.71. The molecule has 2 heterocycles. The highest BCUT2D eigenvalue weighted by Gasteiger charge is 2.29. The Hall–Kier alpha value is -1.11. The van der Waals surface area contributed by atoms with Gasteiger partial charge in [-0.2, -0.15) is 0 Å². The summed E-state index contributed by atoms with van der Waals surface area (Å²) in [7, 11) is 0. The van der Waals surface area contributed by atoms with Gasteiger partial charge in [0.1, 0.15) is 5.15 Å². The molecular formula is C13H20ClN3O3. The number of H-pyrrole nitrogens is 1. The van der Waals surface area contributed by atoms with E-state index in [0.717, 1.165) is 13.1 Å². The fourth-order valence-corrected chi connectivity index (χ4v) is 2.55. The van der Waals surface area contributed by atoms with Gasteiger partial charge in [-0.1, -0.05) is 11.6 Å². The Kier molecular flexibility index (Phi) is 4.36. The topological polar surface area (TPSA) is 67.3 Å². The molecule has 0 radical (unpaired) electrons. The van der Waals surface area contributed by atoms with Crippen molar-refractivity contribution >= 4 is 11.6 Å². The van der Waals surface area contributed by atoms with Gasteiger partial charge in [-0.3, -0.25) is 19.2 Å². The number of ether oxygens (including phenoxy) is 1. The van der Waals surface area contributed by atoms with E-state index >= 15 is 0 Å². The number of nitrogens with one attached hydrogen (secondary N) is 1. The van der Waals surface area contributed by atoms with Crippen molar-refractivity contribution < 1.29 is 4.74 Å². The lowest BCUT2D eigenvalue weighted by Gasteiger charge is -2.41. The lowest BCUT2D eigenvalue weighted by molar-refractivity contribution is -0.0643. The Morgan fingerprint density at radius 3 is 2.75 bits per heavy atom. The smallest absolute Gasteiger partial charge is 0.329 e. The number of halogens is 1. The van der Waals surface area contributed by atoms with Gasteiger partial charge in [0.15, 0.2) is 0 Å². The molecule has 1 aliphatic heterocycles. The monoisotopic (exact) mass is 301 g/mol. The molecule has 20 heavy (non-hydrogen) atoms. The van der Waals surface area contributed by atoms with E-state index < -0.39 is 11.2 Å². The molecule has 0 spiro atoms. The molecule has 1 atom stereocenters. The van der Waals surface area contributed by atoms with E-state index in [0.29, 0.717) is 13.2 Å². The van der Waals surface area contributed by atoms with Crippen LogP contribution in [0.3, 0.4) is 0 Å². The third-order valence-corrected chi connectivity index (χ3v) is 3.77. The van der Waals surface area contributed by atoms with Gasteiger partial charge in [0.05, 0.1) is 19.3 Å². The molecule has 112 valence electrons. The molecule has 1 aromatic heterocycles. The van der Waals surface area contributed by atoms with E-state index in [1.165, 1.54) is 10.6 Å². The SMILES string of the molecule is CC(C)(C)N1CCO[C@@H](Cn2c(Cl)cc(=O)[nH]c2=O)C1. The van der Waals surface area contributed by atoms with Crippen LogP contribution in [0.25, 0.3) is 0 Å². The van der Waals surface area contributed by atoms with Gasteiger partial charge in [-0.25, -0.2) is 4.79 Å². The predicted octanol–water partition coefficient (Wildman–Crippen LogP) is 0.689. The summed E-state index contributed by atoms with van der Waals surface area (Å²) in [6.45, 7) is 9.00. The minimum Gasteiger partial charge on any atom is -0.374 e. The van der Waals surface area contributed by atoms with Gasteiger partial charge in [0, 0.05) is 24.7 Å². The third kappa shape index (κ3) is 3.50. The average molecular weight is 302 g/mol. The molecule has 1 saturated heterocycles. The van der Waals surface area contributed by atoms with Crippen LogP contribution in [0, 0.1) is 0 Å². The number of aromatic amines is 1. The first kappa shape index (κ1) is 15.3. The average Bonchev–Trinajstić information content (AvgIpc) is 2.33. The second-order valence-corrected chi connectivity index (χ2v) is 6.37. The fraction of sp³-hybridized carbons (Fsp3) is 0.692. The van der Waals surface area contributed by atoms with Crippen molar-refractivity contribution in [2.75, 3.05) is 19.7 Å². The van der Waals surface area contributed by atoms with Crippen LogP contribution < -0.4 is 11.2 Å². The van der Waals surface area contributed by atoms with E-state index in [-0.39, 0.29) is 16.8 Å². The maximum absolute atomic E-state index is 11.8. The number of hydrogen-bond donors (Lipinski definition) is 1. The van der Waals surface area contributed by atoms with Crippen LogP contribution in [0.15, 0.2) is 15.7 Å². The van der Waals surface area contributed by atoms with Gasteiger partial charge in [0.25, 0.3) is 5.56 Å². The zero-order valence-electron chi connectivity index (χ0n) is 12.0. The normalized spacial score (nSPS) is 21.1. The lowest BCUT2D eigenvalue weighted by Crippen LogP contribution is -2.53. The summed E-state index contributed by atoms with van der Waals surface area (Å²) in [6, 6.07) is 1.20.